The molecule has 1 aromatic rings. The summed E-state index contributed by atoms with van der Waals surface area (Å²) in [6.07, 6.45) is 1.83. The first kappa shape index (κ1) is 13.6. The zero-order valence-corrected chi connectivity index (χ0v) is 10.8. The topological polar surface area (TPSA) is 38.3 Å². The average Bonchev–Trinajstić information content (AvgIpc) is 2.36. The molecule has 0 radical (unpaired) electrons. The number of benzene rings is 1. The number of para-hydroxylation sites is 1. The minimum absolute atomic E-state index is 0.0646. The van der Waals surface area contributed by atoms with E-state index in [2.05, 4.69) is 12.2 Å². The van der Waals surface area contributed by atoms with Crippen molar-refractivity contribution < 1.29 is 9.53 Å². The third kappa shape index (κ3) is 4.47. The van der Waals surface area contributed by atoms with E-state index in [1.807, 2.05) is 38.1 Å². The molecule has 1 amide bonds. The fraction of sp³-hybridized carbons (Fsp3) is 0.500. The van der Waals surface area contributed by atoms with Crippen LogP contribution in [0.15, 0.2) is 24.3 Å². The summed E-state index contributed by atoms with van der Waals surface area (Å²) in [5.74, 6) is 0.736. The second-order valence-corrected chi connectivity index (χ2v) is 4.13. The van der Waals surface area contributed by atoms with Crippen LogP contribution in [-0.2, 0) is 11.2 Å². The Morgan fingerprint density at radius 3 is 2.71 bits per heavy atom. The van der Waals surface area contributed by atoms with E-state index >= 15 is 0 Å². The van der Waals surface area contributed by atoms with Crippen LogP contribution in [0.2, 0.25) is 0 Å². The summed E-state index contributed by atoms with van der Waals surface area (Å²) in [5, 5.41) is 2.87. The van der Waals surface area contributed by atoms with E-state index in [1.165, 1.54) is 0 Å². The number of carbonyl (C=O) groups is 1. The summed E-state index contributed by atoms with van der Waals surface area (Å²) in [6.45, 7) is 6.18. The number of carbonyl (C=O) groups excluding carboxylic acids is 1. The molecular formula is C14H21NO2. The molecule has 0 aliphatic carbocycles. The SMILES string of the molecule is CCc1ccccc1OCC(=O)NC(C)CC. The van der Waals surface area contributed by atoms with Gasteiger partial charge in [0.1, 0.15) is 5.75 Å². The normalized spacial score (nSPS) is 11.9. The number of hydrogen-bond acceptors (Lipinski definition) is 2. The van der Waals surface area contributed by atoms with E-state index in [0.29, 0.717) is 0 Å². The van der Waals surface area contributed by atoms with Gasteiger partial charge in [0.15, 0.2) is 6.61 Å². The fourth-order valence-corrected chi connectivity index (χ4v) is 1.50. The minimum atomic E-state index is -0.0646. The predicted molar refractivity (Wildman–Crippen MR) is 69.2 cm³/mol. The standard InChI is InChI=1S/C14H21NO2/c1-4-11(3)15-14(16)10-17-13-9-7-6-8-12(13)5-2/h6-9,11H,4-5,10H2,1-3H3,(H,15,16). The number of hydrogen-bond donors (Lipinski definition) is 1. The molecule has 0 aliphatic rings. The summed E-state index contributed by atoms with van der Waals surface area (Å²) in [5.41, 5.74) is 1.13. The van der Waals surface area contributed by atoms with Gasteiger partial charge < -0.3 is 10.1 Å². The summed E-state index contributed by atoms with van der Waals surface area (Å²) >= 11 is 0. The number of aryl methyl sites for hydroxylation is 1. The highest BCUT2D eigenvalue weighted by Gasteiger charge is 2.07. The van der Waals surface area contributed by atoms with Crippen molar-refractivity contribution in [3.63, 3.8) is 0 Å². The molecule has 1 N–H and O–H groups in total. The molecule has 17 heavy (non-hydrogen) atoms. The van der Waals surface area contributed by atoms with Crippen molar-refractivity contribution in [3.05, 3.63) is 29.8 Å². The molecule has 0 saturated heterocycles. The average molecular weight is 235 g/mol. The second kappa shape index (κ2) is 6.94. The molecule has 0 bridgehead atoms. The van der Waals surface area contributed by atoms with Crippen LogP contribution in [0, 0.1) is 0 Å². The molecule has 0 aliphatic heterocycles. The number of rotatable bonds is 6. The molecule has 0 saturated carbocycles. The van der Waals surface area contributed by atoms with Crippen LogP contribution >= 0.6 is 0 Å². The number of amides is 1. The highest BCUT2D eigenvalue weighted by Crippen LogP contribution is 2.17. The molecule has 1 rings (SSSR count). The van der Waals surface area contributed by atoms with Crippen LogP contribution in [-0.4, -0.2) is 18.6 Å². The summed E-state index contributed by atoms with van der Waals surface area (Å²) in [4.78, 5) is 11.5. The predicted octanol–water partition coefficient (Wildman–Crippen LogP) is 2.54. The zero-order chi connectivity index (χ0) is 12.7. The molecule has 1 aromatic carbocycles. The van der Waals surface area contributed by atoms with Crippen LogP contribution in [0.3, 0.4) is 0 Å². The molecule has 3 heteroatoms. The van der Waals surface area contributed by atoms with Gasteiger partial charge in [-0.1, -0.05) is 32.0 Å². The van der Waals surface area contributed by atoms with Gasteiger partial charge in [0, 0.05) is 6.04 Å². The van der Waals surface area contributed by atoms with Gasteiger partial charge in [-0.2, -0.15) is 0 Å². The van der Waals surface area contributed by atoms with Gasteiger partial charge >= 0.3 is 0 Å². The van der Waals surface area contributed by atoms with E-state index in [-0.39, 0.29) is 18.6 Å². The van der Waals surface area contributed by atoms with Gasteiger partial charge in [-0.25, -0.2) is 0 Å². The smallest absolute Gasteiger partial charge is 0.258 e. The Bertz CT molecular complexity index is 363. The lowest BCUT2D eigenvalue weighted by atomic mass is 10.1. The van der Waals surface area contributed by atoms with Crippen LogP contribution in [0.25, 0.3) is 0 Å². The lowest BCUT2D eigenvalue weighted by Gasteiger charge is -2.13. The van der Waals surface area contributed by atoms with Crippen molar-refractivity contribution in [2.45, 2.75) is 39.7 Å². The Morgan fingerprint density at radius 2 is 2.06 bits per heavy atom. The molecule has 1 atom stereocenters. The summed E-state index contributed by atoms with van der Waals surface area (Å²) in [7, 11) is 0. The lowest BCUT2D eigenvalue weighted by molar-refractivity contribution is -0.123. The van der Waals surface area contributed by atoms with Gasteiger partial charge in [-0.15, -0.1) is 0 Å². The zero-order valence-electron chi connectivity index (χ0n) is 10.8. The molecule has 0 fully saturated rings. The highest BCUT2D eigenvalue weighted by molar-refractivity contribution is 5.77. The van der Waals surface area contributed by atoms with E-state index in [0.717, 1.165) is 24.2 Å². The largest absolute Gasteiger partial charge is 0.483 e. The van der Waals surface area contributed by atoms with Crippen LogP contribution in [0.4, 0.5) is 0 Å². The first-order chi connectivity index (χ1) is 8.17. The van der Waals surface area contributed by atoms with E-state index < -0.39 is 0 Å². The molecule has 94 valence electrons. The van der Waals surface area contributed by atoms with Crippen molar-refractivity contribution in [1.29, 1.82) is 0 Å². The maximum absolute atomic E-state index is 11.5. The number of ether oxygens (including phenoxy) is 1. The Hall–Kier alpha value is -1.51. The van der Waals surface area contributed by atoms with Gasteiger partial charge in [-0.3, -0.25) is 4.79 Å². The van der Waals surface area contributed by atoms with Crippen molar-refractivity contribution >= 4 is 5.91 Å². The van der Waals surface area contributed by atoms with Crippen molar-refractivity contribution in [3.8, 4) is 5.75 Å². The number of nitrogens with one attached hydrogen (secondary N) is 1. The van der Waals surface area contributed by atoms with Crippen LogP contribution in [0.1, 0.15) is 32.8 Å². The minimum Gasteiger partial charge on any atom is -0.483 e. The van der Waals surface area contributed by atoms with Crippen LogP contribution < -0.4 is 10.1 Å². The van der Waals surface area contributed by atoms with Crippen molar-refractivity contribution in [2.75, 3.05) is 6.61 Å². The third-order valence-corrected chi connectivity index (χ3v) is 2.73. The molecule has 0 aromatic heterocycles. The quantitative estimate of drug-likeness (QED) is 0.823. The molecule has 3 nitrogen and oxygen atoms in total. The monoisotopic (exact) mass is 235 g/mol. The highest BCUT2D eigenvalue weighted by atomic mass is 16.5. The fourth-order valence-electron chi connectivity index (χ4n) is 1.50. The molecule has 0 heterocycles. The molecular weight excluding hydrogens is 214 g/mol. The maximum atomic E-state index is 11.5. The van der Waals surface area contributed by atoms with Gasteiger partial charge in [0.05, 0.1) is 0 Å². The summed E-state index contributed by atoms with van der Waals surface area (Å²) in [6, 6.07) is 8.01. The Labute approximate surface area is 103 Å². The Morgan fingerprint density at radius 1 is 1.35 bits per heavy atom. The molecule has 1 unspecified atom stereocenters. The lowest BCUT2D eigenvalue weighted by Crippen LogP contribution is -2.35. The molecule has 0 spiro atoms. The van der Waals surface area contributed by atoms with E-state index in [9.17, 15) is 4.79 Å². The third-order valence-electron chi connectivity index (χ3n) is 2.73. The Kier molecular flexibility index (Phi) is 5.53. The van der Waals surface area contributed by atoms with E-state index in [1.54, 1.807) is 0 Å². The van der Waals surface area contributed by atoms with Crippen LogP contribution in [0.5, 0.6) is 5.75 Å². The summed E-state index contributed by atoms with van der Waals surface area (Å²) < 4.78 is 5.52. The Balaban J connectivity index is 2.47. The first-order valence-electron chi connectivity index (χ1n) is 6.17. The maximum Gasteiger partial charge on any atom is 0.258 e. The van der Waals surface area contributed by atoms with Gasteiger partial charge in [0.25, 0.3) is 5.91 Å². The van der Waals surface area contributed by atoms with Crippen molar-refractivity contribution in [2.24, 2.45) is 0 Å². The van der Waals surface area contributed by atoms with Gasteiger partial charge in [0.2, 0.25) is 0 Å². The first-order valence-corrected chi connectivity index (χ1v) is 6.17. The van der Waals surface area contributed by atoms with Gasteiger partial charge in [-0.05, 0) is 31.4 Å². The second-order valence-electron chi connectivity index (χ2n) is 4.13. The van der Waals surface area contributed by atoms with Crippen molar-refractivity contribution in [1.82, 2.24) is 5.32 Å². The van der Waals surface area contributed by atoms with E-state index in [4.69, 9.17) is 4.74 Å².